The summed E-state index contributed by atoms with van der Waals surface area (Å²) in [5.41, 5.74) is -0.918. The molecule has 0 heterocycles. The van der Waals surface area contributed by atoms with Gasteiger partial charge in [-0.2, -0.15) is 0 Å². The maximum absolute atomic E-state index is 12.0. The van der Waals surface area contributed by atoms with E-state index in [4.69, 9.17) is 5.11 Å². The van der Waals surface area contributed by atoms with E-state index in [1.165, 1.54) is 0 Å². The van der Waals surface area contributed by atoms with Crippen molar-refractivity contribution in [3.8, 4) is 0 Å². The lowest BCUT2D eigenvalue weighted by atomic mass is 9.89. The zero-order valence-electron chi connectivity index (χ0n) is 12.5. The molecule has 116 valence electrons. The first-order valence-corrected chi connectivity index (χ1v) is 7.64. The average molecular weight is 285 g/mol. The molecule has 3 N–H and O–H groups in total. The lowest BCUT2D eigenvalue weighted by molar-refractivity contribution is -0.141. The molecular formula is C15H27NO4. The number of aliphatic carboxylic acids is 1. The average Bonchev–Trinajstić information content (AvgIpc) is 2.77. The number of aliphatic hydroxyl groups is 1. The molecule has 1 saturated carbocycles. The summed E-state index contributed by atoms with van der Waals surface area (Å²) in [5, 5.41) is 22.3. The zero-order valence-corrected chi connectivity index (χ0v) is 12.5. The van der Waals surface area contributed by atoms with Crippen LogP contribution in [0.4, 0.5) is 0 Å². The summed E-state index contributed by atoms with van der Waals surface area (Å²) in [5.74, 6) is -1.29. The second-order valence-electron chi connectivity index (χ2n) is 6.01. The van der Waals surface area contributed by atoms with E-state index in [1.807, 2.05) is 13.8 Å². The standard InChI is InChI=1S/C15H27NO4/c1-3-7-15(20,8-4-2)10-13(17)16-12-6-5-11(9-12)14(18)19/h11-12,20H,3-10H2,1-2H3,(H,16,17)(H,18,19)/t11-,12+/m0/s1. The molecule has 0 spiro atoms. The van der Waals surface area contributed by atoms with Crippen LogP contribution in [0.1, 0.15) is 65.2 Å². The molecule has 0 unspecified atom stereocenters. The Labute approximate surface area is 120 Å². The highest BCUT2D eigenvalue weighted by molar-refractivity contribution is 5.77. The molecule has 0 saturated heterocycles. The molecule has 0 aromatic heterocycles. The number of carbonyl (C=O) groups excluding carboxylic acids is 1. The van der Waals surface area contributed by atoms with Gasteiger partial charge in [-0.05, 0) is 32.1 Å². The first-order valence-electron chi connectivity index (χ1n) is 7.64. The highest BCUT2D eigenvalue weighted by Gasteiger charge is 2.33. The third-order valence-corrected chi connectivity index (χ3v) is 4.07. The van der Waals surface area contributed by atoms with Gasteiger partial charge >= 0.3 is 5.97 Å². The van der Waals surface area contributed by atoms with Crippen LogP contribution in [0.15, 0.2) is 0 Å². The number of carbonyl (C=O) groups is 2. The van der Waals surface area contributed by atoms with E-state index in [9.17, 15) is 14.7 Å². The van der Waals surface area contributed by atoms with E-state index in [1.54, 1.807) is 0 Å². The molecule has 0 aromatic rings. The number of carboxylic acids is 1. The molecule has 1 aliphatic carbocycles. The van der Waals surface area contributed by atoms with Crippen molar-refractivity contribution >= 4 is 11.9 Å². The highest BCUT2D eigenvalue weighted by atomic mass is 16.4. The first kappa shape index (κ1) is 17.0. The second kappa shape index (κ2) is 7.62. The Morgan fingerprint density at radius 1 is 1.20 bits per heavy atom. The van der Waals surface area contributed by atoms with E-state index >= 15 is 0 Å². The van der Waals surface area contributed by atoms with Gasteiger partial charge in [-0.15, -0.1) is 0 Å². The van der Waals surface area contributed by atoms with E-state index in [-0.39, 0.29) is 24.3 Å². The fourth-order valence-electron chi connectivity index (χ4n) is 3.15. The normalized spacial score (nSPS) is 22.8. The fraction of sp³-hybridized carbons (Fsp3) is 0.867. The summed E-state index contributed by atoms with van der Waals surface area (Å²) in [6, 6.07) is -0.0592. The van der Waals surface area contributed by atoms with Gasteiger partial charge in [0.25, 0.3) is 0 Å². The van der Waals surface area contributed by atoms with Crippen molar-refractivity contribution in [1.82, 2.24) is 5.32 Å². The molecule has 0 bridgehead atoms. The van der Waals surface area contributed by atoms with Crippen LogP contribution in [-0.2, 0) is 9.59 Å². The molecule has 5 nitrogen and oxygen atoms in total. The summed E-state index contributed by atoms with van der Waals surface area (Å²) < 4.78 is 0. The maximum Gasteiger partial charge on any atom is 0.306 e. The van der Waals surface area contributed by atoms with Gasteiger partial charge in [-0.1, -0.05) is 26.7 Å². The molecular weight excluding hydrogens is 258 g/mol. The number of hydrogen-bond donors (Lipinski definition) is 3. The van der Waals surface area contributed by atoms with Crippen LogP contribution in [-0.4, -0.2) is 33.7 Å². The maximum atomic E-state index is 12.0. The molecule has 0 aromatic carbocycles. The van der Waals surface area contributed by atoms with Crippen molar-refractivity contribution in [3.05, 3.63) is 0 Å². The van der Waals surface area contributed by atoms with E-state index < -0.39 is 11.6 Å². The Kier molecular flexibility index (Phi) is 6.46. The van der Waals surface area contributed by atoms with Crippen molar-refractivity contribution in [2.75, 3.05) is 0 Å². The van der Waals surface area contributed by atoms with Crippen LogP contribution in [0.2, 0.25) is 0 Å². The van der Waals surface area contributed by atoms with Gasteiger partial charge < -0.3 is 15.5 Å². The fourth-order valence-corrected chi connectivity index (χ4v) is 3.15. The van der Waals surface area contributed by atoms with Crippen molar-refractivity contribution < 1.29 is 19.8 Å². The van der Waals surface area contributed by atoms with Crippen molar-refractivity contribution in [2.45, 2.75) is 76.9 Å². The van der Waals surface area contributed by atoms with Crippen molar-refractivity contribution in [2.24, 2.45) is 5.92 Å². The molecule has 1 fully saturated rings. The molecule has 0 aliphatic heterocycles. The Morgan fingerprint density at radius 2 is 1.80 bits per heavy atom. The van der Waals surface area contributed by atoms with Crippen LogP contribution in [0, 0.1) is 5.92 Å². The summed E-state index contributed by atoms with van der Waals surface area (Å²) in [6.45, 7) is 3.99. The number of amides is 1. The van der Waals surface area contributed by atoms with Gasteiger partial charge in [0.1, 0.15) is 0 Å². The van der Waals surface area contributed by atoms with Crippen LogP contribution in [0.3, 0.4) is 0 Å². The van der Waals surface area contributed by atoms with Crippen LogP contribution in [0.25, 0.3) is 0 Å². The summed E-state index contributed by atoms with van der Waals surface area (Å²) in [6.07, 6.45) is 4.87. The Hall–Kier alpha value is -1.10. The predicted octanol–water partition coefficient (Wildman–Crippen LogP) is 2.08. The predicted molar refractivity (Wildman–Crippen MR) is 76.3 cm³/mol. The number of hydrogen-bond acceptors (Lipinski definition) is 3. The minimum Gasteiger partial charge on any atom is -0.481 e. The quantitative estimate of drug-likeness (QED) is 0.637. The van der Waals surface area contributed by atoms with E-state index in [0.717, 1.165) is 12.8 Å². The van der Waals surface area contributed by atoms with Gasteiger partial charge in [-0.25, -0.2) is 0 Å². The van der Waals surface area contributed by atoms with Crippen molar-refractivity contribution in [3.63, 3.8) is 0 Å². The minimum atomic E-state index is -0.918. The molecule has 5 heteroatoms. The third kappa shape index (κ3) is 5.12. The SMILES string of the molecule is CCCC(O)(CCC)CC(=O)N[C@@H]1CC[C@H](C(=O)O)C1. The summed E-state index contributed by atoms with van der Waals surface area (Å²) >= 11 is 0. The van der Waals surface area contributed by atoms with Gasteiger partial charge in [0.2, 0.25) is 5.91 Å². The molecule has 1 rings (SSSR count). The number of carboxylic acid groups (broad SMARTS) is 1. The third-order valence-electron chi connectivity index (χ3n) is 4.07. The first-order chi connectivity index (χ1) is 9.40. The van der Waals surface area contributed by atoms with Crippen molar-refractivity contribution in [1.29, 1.82) is 0 Å². The Morgan fingerprint density at radius 3 is 2.25 bits per heavy atom. The lowest BCUT2D eigenvalue weighted by Crippen LogP contribution is -2.40. The molecule has 20 heavy (non-hydrogen) atoms. The monoisotopic (exact) mass is 285 g/mol. The molecule has 2 atom stereocenters. The van der Waals surface area contributed by atoms with E-state index in [2.05, 4.69) is 5.32 Å². The zero-order chi connectivity index (χ0) is 15.2. The lowest BCUT2D eigenvalue weighted by Gasteiger charge is -2.27. The molecule has 1 amide bonds. The Balaban J connectivity index is 2.44. The summed E-state index contributed by atoms with van der Waals surface area (Å²) in [7, 11) is 0. The van der Waals surface area contributed by atoms with Crippen LogP contribution in [0.5, 0.6) is 0 Å². The second-order valence-corrected chi connectivity index (χ2v) is 6.01. The Bertz CT molecular complexity index is 337. The smallest absolute Gasteiger partial charge is 0.306 e. The largest absolute Gasteiger partial charge is 0.481 e. The van der Waals surface area contributed by atoms with Gasteiger partial charge in [0, 0.05) is 6.04 Å². The molecule has 1 aliphatic rings. The highest BCUT2D eigenvalue weighted by Crippen LogP contribution is 2.27. The van der Waals surface area contributed by atoms with E-state index in [0.29, 0.717) is 32.1 Å². The summed E-state index contributed by atoms with van der Waals surface area (Å²) in [4.78, 5) is 22.9. The van der Waals surface area contributed by atoms with Crippen LogP contribution >= 0.6 is 0 Å². The topological polar surface area (TPSA) is 86.6 Å². The minimum absolute atomic E-state index is 0.0592. The van der Waals surface area contributed by atoms with Gasteiger partial charge in [0.15, 0.2) is 0 Å². The number of rotatable bonds is 8. The van der Waals surface area contributed by atoms with Gasteiger partial charge in [-0.3, -0.25) is 9.59 Å². The van der Waals surface area contributed by atoms with Gasteiger partial charge in [0.05, 0.1) is 17.9 Å². The molecule has 0 radical (unpaired) electrons. The van der Waals surface area contributed by atoms with Crippen LogP contribution < -0.4 is 5.32 Å². The number of nitrogens with one attached hydrogen (secondary N) is 1.